The molecule has 0 radical (unpaired) electrons. The Morgan fingerprint density at radius 3 is 2.67 bits per heavy atom. The van der Waals surface area contributed by atoms with E-state index in [0.29, 0.717) is 32.2 Å². The zero-order valence-electron chi connectivity index (χ0n) is 23.9. The molecule has 8 atom stereocenters. The number of halogens is 1. The van der Waals surface area contributed by atoms with Crippen LogP contribution < -0.4 is 5.32 Å². The number of ether oxygens (including phenoxy) is 2. The number of aliphatic hydroxyl groups excluding tert-OH is 1. The number of hydrogen-bond acceptors (Lipinski definition) is 7. The Morgan fingerprint density at radius 2 is 2.05 bits per heavy atom. The highest BCUT2D eigenvalue weighted by Gasteiger charge is 2.77. The van der Waals surface area contributed by atoms with E-state index in [1.165, 1.54) is 4.90 Å². The summed E-state index contributed by atoms with van der Waals surface area (Å²) in [5.74, 6) is -3.10. The van der Waals surface area contributed by atoms with Crippen molar-refractivity contribution in [2.75, 3.05) is 26.2 Å². The number of alkyl halides is 1. The van der Waals surface area contributed by atoms with Crippen LogP contribution in [0, 0.1) is 11.8 Å². The predicted octanol–water partition coefficient (Wildman–Crippen LogP) is 2.33. The molecule has 3 amide bonds. The fourth-order valence-electron chi connectivity index (χ4n) is 6.41. The second-order valence-electron chi connectivity index (χ2n) is 11.1. The molecule has 0 saturated carbocycles. The van der Waals surface area contributed by atoms with Gasteiger partial charge in [-0.15, -0.1) is 13.2 Å². The van der Waals surface area contributed by atoms with Crippen LogP contribution in [0.5, 0.6) is 0 Å². The maximum absolute atomic E-state index is 14.2. The summed E-state index contributed by atoms with van der Waals surface area (Å²) in [6.45, 7) is 13.6. The maximum atomic E-state index is 14.2. The Hall–Kier alpha value is -2.24. The third kappa shape index (κ3) is 6.31. The summed E-state index contributed by atoms with van der Waals surface area (Å²) in [6.07, 6.45) is 5.28. The van der Waals surface area contributed by atoms with Crippen LogP contribution in [0.4, 0.5) is 0 Å². The molecule has 3 aliphatic heterocycles. The quantitative estimate of drug-likeness (QED) is 0.153. The van der Waals surface area contributed by atoms with Crippen LogP contribution in [0.25, 0.3) is 0 Å². The number of aliphatic hydroxyl groups is 1. The summed E-state index contributed by atoms with van der Waals surface area (Å²) < 4.78 is 12.2. The second-order valence-corrected chi connectivity index (χ2v) is 12.2. The number of rotatable bonds is 16. The first kappa shape index (κ1) is 32.3. The van der Waals surface area contributed by atoms with Crippen LogP contribution >= 0.6 is 15.9 Å². The highest BCUT2D eigenvalue weighted by atomic mass is 79.9. The standard InChI is InChI=1S/C29H44BrN3O7/c1-6-9-12-21(35)31-17-19(5)39-28(38)22-23-26(36)33(14-10-15-34)25(29(23)16-20(30)24(22)40-29)27(37)32(13-8-3)18(4)11-7-2/h6,8,18-20,22-25,34H,1,3,7,9-17H2,2,4-5H3,(H,31,35)/t18?,19-,20?,22+,23-,24+,25+,29-/m1/s1. The summed E-state index contributed by atoms with van der Waals surface area (Å²) in [5.41, 5.74) is -1.19. The van der Waals surface area contributed by atoms with Gasteiger partial charge in [-0.05, 0) is 39.5 Å². The van der Waals surface area contributed by atoms with Gasteiger partial charge in [-0.2, -0.15) is 0 Å². The molecular weight excluding hydrogens is 582 g/mol. The van der Waals surface area contributed by atoms with Gasteiger partial charge in [-0.3, -0.25) is 19.2 Å². The third-order valence-electron chi connectivity index (χ3n) is 8.18. The summed E-state index contributed by atoms with van der Waals surface area (Å²) in [6, 6.07) is -1.01. The minimum absolute atomic E-state index is 0.0811. The molecule has 3 fully saturated rings. The van der Waals surface area contributed by atoms with E-state index in [4.69, 9.17) is 9.47 Å². The Morgan fingerprint density at radius 1 is 1.32 bits per heavy atom. The average molecular weight is 627 g/mol. The number of nitrogens with one attached hydrogen (secondary N) is 1. The lowest BCUT2D eigenvalue weighted by Gasteiger charge is -2.39. The van der Waals surface area contributed by atoms with E-state index in [1.807, 2.05) is 6.92 Å². The zero-order chi connectivity index (χ0) is 29.6. The minimum Gasteiger partial charge on any atom is -0.460 e. The number of amides is 3. The van der Waals surface area contributed by atoms with Crippen LogP contribution in [0.2, 0.25) is 0 Å². The highest BCUT2D eigenvalue weighted by molar-refractivity contribution is 9.09. The molecule has 0 aromatic carbocycles. The molecule has 0 aromatic rings. The molecule has 3 rings (SSSR count). The lowest BCUT2D eigenvalue weighted by Crippen LogP contribution is -2.58. The van der Waals surface area contributed by atoms with Gasteiger partial charge in [0.15, 0.2) is 0 Å². The Kier molecular flexibility index (Phi) is 11.4. The third-order valence-corrected chi connectivity index (χ3v) is 9.02. The summed E-state index contributed by atoms with van der Waals surface area (Å²) in [5, 5.41) is 12.3. The van der Waals surface area contributed by atoms with Gasteiger partial charge in [-0.25, -0.2) is 0 Å². The monoisotopic (exact) mass is 625 g/mol. The molecule has 2 unspecified atom stereocenters. The van der Waals surface area contributed by atoms with E-state index in [9.17, 15) is 24.3 Å². The van der Waals surface area contributed by atoms with E-state index in [2.05, 4.69) is 41.3 Å². The van der Waals surface area contributed by atoms with Crippen molar-refractivity contribution in [3.05, 3.63) is 25.3 Å². The summed E-state index contributed by atoms with van der Waals surface area (Å²) in [7, 11) is 0. The molecule has 3 aliphatic rings. The van der Waals surface area contributed by atoms with Crippen molar-refractivity contribution < 1.29 is 33.8 Å². The second kappa shape index (κ2) is 14.1. The van der Waals surface area contributed by atoms with Crippen molar-refractivity contribution in [1.29, 1.82) is 0 Å². The number of fused-ring (bicyclic) bond motifs is 1. The van der Waals surface area contributed by atoms with Crippen molar-refractivity contribution in [2.45, 2.75) is 94.0 Å². The highest BCUT2D eigenvalue weighted by Crippen LogP contribution is 2.60. The van der Waals surface area contributed by atoms with E-state index >= 15 is 0 Å². The molecular formula is C29H44BrN3O7. The smallest absolute Gasteiger partial charge is 0.312 e. The molecule has 0 aliphatic carbocycles. The normalized spacial score (nSPS) is 30.0. The molecule has 2 N–H and O–H groups in total. The first-order chi connectivity index (χ1) is 19.1. The lowest BCUT2D eigenvalue weighted by molar-refractivity contribution is -0.159. The van der Waals surface area contributed by atoms with E-state index in [0.717, 1.165) is 12.8 Å². The van der Waals surface area contributed by atoms with Gasteiger partial charge in [0.2, 0.25) is 17.7 Å². The molecule has 2 bridgehead atoms. The van der Waals surface area contributed by atoms with Crippen LogP contribution in [0.1, 0.15) is 59.3 Å². The largest absolute Gasteiger partial charge is 0.460 e. The molecule has 3 saturated heterocycles. The molecule has 1 spiro atoms. The van der Waals surface area contributed by atoms with Crippen LogP contribution in [0.15, 0.2) is 25.3 Å². The van der Waals surface area contributed by atoms with Gasteiger partial charge in [0.1, 0.15) is 17.7 Å². The fraction of sp³-hybridized carbons (Fsp3) is 0.724. The van der Waals surface area contributed by atoms with Crippen molar-refractivity contribution in [2.24, 2.45) is 11.8 Å². The van der Waals surface area contributed by atoms with Crippen LogP contribution in [-0.2, 0) is 28.7 Å². The number of likely N-dealkylation sites (tertiary alicyclic amines) is 1. The van der Waals surface area contributed by atoms with E-state index in [1.54, 1.807) is 24.0 Å². The van der Waals surface area contributed by atoms with Crippen LogP contribution in [-0.4, -0.2) is 99.6 Å². The minimum atomic E-state index is -1.19. The number of hydrogen-bond donors (Lipinski definition) is 2. The van der Waals surface area contributed by atoms with Gasteiger partial charge >= 0.3 is 5.97 Å². The predicted molar refractivity (Wildman–Crippen MR) is 153 cm³/mol. The van der Waals surface area contributed by atoms with Gasteiger partial charge in [0, 0.05) is 37.0 Å². The number of esters is 1. The molecule has 40 heavy (non-hydrogen) atoms. The average Bonchev–Trinajstić information content (AvgIpc) is 3.51. The van der Waals surface area contributed by atoms with Gasteiger partial charge in [0.25, 0.3) is 0 Å². The molecule has 0 aromatic heterocycles. The van der Waals surface area contributed by atoms with Crippen LogP contribution in [0.3, 0.4) is 0 Å². The Bertz CT molecular complexity index is 977. The van der Waals surface area contributed by atoms with E-state index in [-0.39, 0.29) is 48.3 Å². The fourth-order valence-corrected chi connectivity index (χ4v) is 7.36. The number of carbonyl (C=O) groups excluding carboxylic acids is 4. The van der Waals surface area contributed by atoms with Crippen molar-refractivity contribution in [3.63, 3.8) is 0 Å². The van der Waals surface area contributed by atoms with Gasteiger partial charge in [-0.1, -0.05) is 41.4 Å². The maximum Gasteiger partial charge on any atom is 0.312 e. The van der Waals surface area contributed by atoms with Crippen molar-refractivity contribution in [1.82, 2.24) is 15.1 Å². The zero-order valence-corrected chi connectivity index (χ0v) is 25.4. The molecule has 3 heterocycles. The topological polar surface area (TPSA) is 125 Å². The molecule has 10 nitrogen and oxygen atoms in total. The Balaban J connectivity index is 1.88. The van der Waals surface area contributed by atoms with E-state index < -0.39 is 41.7 Å². The SMILES string of the molecule is C=CCCC(=O)NC[C@@H](C)OC(=O)[C@@H]1[C@H]2O[C@@]3(CC2Br)[C@H](C(=O)N(CC=C)C(C)CCC)N(CCCO)C(=O)[C@@H]13. The molecule has 11 heteroatoms. The van der Waals surface area contributed by atoms with Crippen molar-refractivity contribution in [3.8, 4) is 0 Å². The summed E-state index contributed by atoms with van der Waals surface area (Å²) >= 11 is 3.66. The molecule has 224 valence electrons. The number of nitrogens with zero attached hydrogens (tertiary/aromatic N) is 2. The Labute approximate surface area is 245 Å². The van der Waals surface area contributed by atoms with Crippen molar-refractivity contribution >= 4 is 39.6 Å². The number of allylic oxidation sites excluding steroid dienone is 1. The van der Waals surface area contributed by atoms with Gasteiger partial charge < -0.3 is 29.7 Å². The lowest BCUT2D eigenvalue weighted by atomic mass is 9.70. The summed E-state index contributed by atoms with van der Waals surface area (Å²) in [4.78, 5) is 56.7. The first-order valence-corrected chi connectivity index (χ1v) is 15.2. The number of carbonyl (C=O) groups is 4. The first-order valence-electron chi connectivity index (χ1n) is 14.3. The van der Waals surface area contributed by atoms with Gasteiger partial charge in [0.05, 0.1) is 24.5 Å².